The van der Waals surface area contributed by atoms with Crippen LogP contribution in [-0.2, 0) is 9.47 Å². The van der Waals surface area contributed by atoms with Gasteiger partial charge in [0.1, 0.15) is 0 Å². The van der Waals surface area contributed by atoms with Crippen molar-refractivity contribution >= 4 is 17.6 Å². The number of hydrogen-bond acceptors (Lipinski definition) is 2. The van der Waals surface area contributed by atoms with E-state index >= 15 is 0 Å². The summed E-state index contributed by atoms with van der Waals surface area (Å²) in [5.74, 6) is 0. The summed E-state index contributed by atoms with van der Waals surface area (Å²) in [5, 5.41) is 0.254. The topological polar surface area (TPSA) is 18.5 Å². The molecule has 2 heterocycles. The molecule has 0 amide bonds. The lowest BCUT2D eigenvalue weighted by Gasteiger charge is -2.43. The standard InChI is InChI=1S/C15H30O2Si2/c1-4-19(14-9-5-7-11-16-14)13-15(18(2)3)10-6-8-12-17-15/h4,14,18-19H,1,5-13H2,2-3H3. The maximum absolute atomic E-state index is 6.34. The van der Waals surface area contributed by atoms with E-state index in [0.717, 1.165) is 13.2 Å². The Morgan fingerprint density at radius 1 is 1.21 bits per heavy atom. The van der Waals surface area contributed by atoms with Gasteiger partial charge in [-0.05, 0) is 44.6 Å². The summed E-state index contributed by atoms with van der Waals surface area (Å²) in [5.41, 5.74) is 2.80. The number of hydrogen-bond donors (Lipinski definition) is 0. The molecule has 0 N–H and O–H groups in total. The lowest BCUT2D eigenvalue weighted by Crippen LogP contribution is -2.52. The third-order valence-electron chi connectivity index (χ3n) is 5.01. The third kappa shape index (κ3) is 3.81. The van der Waals surface area contributed by atoms with E-state index in [9.17, 15) is 0 Å². The van der Waals surface area contributed by atoms with Crippen molar-refractivity contribution in [1.29, 1.82) is 0 Å². The van der Waals surface area contributed by atoms with Crippen LogP contribution in [0.3, 0.4) is 0 Å². The minimum absolute atomic E-state index is 0.254. The molecule has 2 rings (SSSR count). The number of rotatable bonds is 5. The van der Waals surface area contributed by atoms with Crippen molar-refractivity contribution in [1.82, 2.24) is 0 Å². The van der Waals surface area contributed by atoms with Gasteiger partial charge in [-0.1, -0.05) is 13.1 Å². The smallest absolute Gasteiger partial charge is 0.0968 e. The molecule has 3 unspecified atom stereocenters. The molecular weight excluding hydrogens is 268 g/mol. The normalized spacial score (nSPS) is 34.2. The SMILES string of the molecule is C=C[SiH](CC1([SiH](C)C)CCCCO1)C1CCCCO1. The second-order valence-electron chi connectivity index (χ2n) is 6.53. The number of ether oxygens (including phenoxy) is 2. The molecule has 4 heteroatoms. The van der Waals surface area contributed by atoms with Crippen LogP contribution >= 0.6 is 0 Å². The van der Waals surface area contributed by atoms with E-state index in [1.165, 1.54) is 44.6 Å². The highest BCUT2D eigenvalue weighted by Gasteiger charge is 2.41. The van der Waals surface area contributed by atoms with Crippen molar-refractivity contribution in [2.24, 2.45) is 0 Å². The van der Waals surface area contributed by atoms with Gasteiger partial charge in [-0.3, -0.25) is 0 Å². The predicted molar refractivity (Wildman–Crippen MR) is 87.2 cm³/mol. The Morgan fingerprint density at radius 3 is 2.53 bits per heavy atom. The minimum Gasteiger partial charge on any atom is -0.382 e. The molecule has 0 aromatic heterocycles. The zero-order chi connectivity index (χ0) is 13.7. The van der Waals surface area contributed by atoms with Crippen LogP contribution in [0, 0.1) is 0 Å². The van der Waals surface area contributed by atoms with Gasteiger partial charge in [-0.25, -0.2) is 0 Å². The lowest BCUT2D eigenvalue weighted by atomic mass is 10.1. The first kappa shape index (κ1) is 15.5. The fourth-order valence-electron chi connectivity index (χ4n) is 3.59. The van der Waals surface area contributed by atoms with E-state index in [-0.39, 0.29) is 5.22 Å². The highest BCUT2D eigenvalue weighted by molar-refractivity contribution is 6.69. The Morgan fingerprint density at radius 2 is 2.00 bits per heavy atom. The van der Waals surface area contributed by atoms with Crippen molar-refractivity contribution in [2.75, 3.05) is 13.2 Å². The summed E-state index contributed by atoms with van der Waals surface area (Å²) in [7, 11) is -1.84. The van der Waals surface area contributed by atoms with Crippen LogP contribution in [0.15, 0.2) is 12.3 Å². The second kappa shape index (κ2) is 7.20. The van der Waals surface area contributed by atoms with E-state index in [1.807, 2.05) is 0 Å². The molecule has 2 saturated heterocycles. The molecule has 19 heavy (non-hydrogen) atoms. The largest absolute Gasteiger partial charge is 0.382 e. The highest BCUT2D eigenvalue weighted by atomic mass is 28.3. The van der Waals surface area contributed by atoms with Crippen LogP contribution in [-0.4, -0.2) is 41.8 Å². The van der Waals surface area contributed by atoms with Crippen molar-refractivity contribution in [2.45, 2.75) is 68.6 Å². The van der Waals surface area contributed by atoms with Gasteiger partial charge in [0.15, 0.2) is 0 Å². The first-order valence-corrected chi connectivity index (χ1v) is 13.1. The summed E-state index contributed by atoms with van der Waals surface area (Å²) in [6, 6.07) is 1.28. The molecule has 0 radical (unpaired) electrons. The molecule has 0 aliphatic carbocycles. The zero-order valence-corrected chi connectivity index (χ0v) is 15.0. The van der Waals surface area contributed by atoms with Crippen LogP contribution in [0.2, 0.25) is 19.1 Å². The first-order chi connectivity index (χ1) is 9.18. The van der Waals surface area contributed by atoms with Crippen molar-refractivity contribution in [3.63, 3.8) is 0 Å². The Bertz CT molecular complexity index is 282. The monoisotopic (exact) mass is 298 g/mol. The first-order valence-electron chi connectivity index (χ1n) is 8.06. The molecule has 2 aliphatic rings. The molecule has 0 aromatic carbocycles. The van der Waals surface area contributed by atoms with Crippen LogP contribution in [0.25, 0.3) is 0 Å². The van der Waals surface area contributed by atoms with E-state index in [0.29, 0.717) is 5.73 Å². The summed E-state index contributed by atoms with van der Waals surface area (Å²) >= 11 is 0. The van der Waals surface area contributed by atoms with Gasteiger partial charge < -0.3 is 9.47 Å². The molecule has 0 saturated carbocycles. The summed E-state index contributed by atoms with van der Waals surface area (Å²) in [4.78, 5) is 0. The van der Waals surface area contributed by atoms with E-state index in [4.69, 9.17) is 9.47 Å². The van der Waals surface area contributed by atoms with E-state index in [1.54, 1.807) is 0 Å². The average Bonchev–Trinajstić information content (AvgIpc) is 2.46. The summed E-state index contributed by atoms with van der Waals surface area (Å²) in [6.07, 6.45) is 7.75. The van der Waals surface area contributed by atoms with Gasteiger partial charge in [0.2, 0.25) is 0 Å². The van der Waals surface area contributed by atoms with Crippen molar-refractivity contribution in [3.05, 3.63) is 12.3 Å². The average molecular weight is 299 g/mol. The van der Waals surface area contributed by atoms with Gasteiger partial charge in [0.25, 0.3) is 0 Å². The van der Waals surface area contributed by atoms with E-state index in [2.05, 4.69) is 25.4 Å². The molecule has 2 nitrogen and oxygen atoms in total. The van der Waals surface area contributed by atoms with Crippen molar-refractivity contribution < 1.29 is 9.47 Å². The third-order valence-corrected chi connectivity index (χ3v) is 11.5. The molecule has 2 fully saturated rings. The highest BCUT2D eigenvalue weighted by Crippen LogP contribution is 2.34. The second-order valence-corrected chi connectivity index (χ2v) is 12.8. The fraction of sp³-hybridized carbons (Fsp3) is 0.867. The maximum Gasteiger partial charge on any atom is 0.0968 e. The van der Waals surface area contributed by atoms with Gasteiger partial charge in [-0.15, -0.1) is 12.3 Å². The molecule has 0 spiro atoms. The van der Waals surface area contributed by atoms with Gasteiger partial charge in [0.05, 0.1) is 22.8 Å². The van der Waals surface area contributed by atoms with Crippen LogP contribution in [0.1, 0.15) is 38.5 Å². The van der Waals surface area contributed by atoms with Crippen LogP contribution in [0.4, 0.5) is 0 Å². The van der Waals surface area contributed by atoms with Gasteiger partial charge >= 0.3 is 0 Å². The Labute approximate surface area is 121 Å². The summed E-state index contributed by atoms with van der Waals surface area (Å²) < 4.78 is 12.4. The van der Waals surface area contributed by atoms with Crippen LogP contribution < -0.4 is 0 Å². The quantitative estimate of drug-likeness (QED) is 0.727. The Hall–Kier alpha value is 0.0938. The van der Waals surface area contributed by atoms with E-state index < -0.39 is 17.6 Å². The molecule has 0 aromatic rings. The zero-order valence-electron chi connectivity index (χ0n) is 12.7. The summed E-state index contributed by atoms with van der Waals surface area (Å²) in [6.45, 7) is 11.0. The van der Waals surface area contributed by atoms with Gasteiger partial charge in [0, 0.05) is 18.9 Å². The molecule has 2 aliphatic heterocycles. The molecule has 110 valence electrons. The molecule has 3 atom stereocenters. The molecular formula is C15H30O2Si2. The minimum atomic E-state index is -1.04. The van der Waals surface area contributed by atoms with Gasteiger partial charge in [-0.2, -0.15) is 0 Å². The lowest BCUT2D eigenvalue weighted by molar-refractivity contribution is -0.0119. The predicted octanol–water partition coefficient (Wildman–Crippen LogP) is 3.01. The Kier molecular flexibility index (Phi) is 5.87. The fourth-order valence-corrected chi connectivity index (χ4v) is 10.4. The van der Waals surface area contributed by atoms with Crippen molar-refractivity contribution in [3.8, 4) is 0 Å². The Balaban J connectivity index is 2.03. The molecule has 0 bridgehead atoms. The van der Waals surface area contributed by atoms with Crippen LogP contribution in [0.5, 0.6) is 0 Å². The maximum atomic E-state index is 6.34.